The molecule has 96 valence electrons. The highest BCUT2D eigenvalue weighted by molar-refractivity contribution is 7.13. The van der Waals surface area contributed by atoms with Gasteiger partial charge >= 0.3 is 12.1 Å². The van der Waals surface area contributed by atoms with E-state index in [9.17, 15) is 18.0 Å². The Hall–Kier alpha value is -1.15. The Labute approximate surface area is 99.0 Å². The van der Waals surface area contributed by atoms with E-state index in [0.29, 0.717) is 11.3 Å². The van der Waals surface area contributed by atoms with Crippen molar-refractivity contribution in [2.45, 2.75) is 25.6 Å². The molecule has 0 fully saturated rings. The standard InChI is InChI=1S/C9H10F3NO3S/c1-8(2,16-3)7-13-5(9(10,11)12)4(17-7)6(14)15/h1-3H3,(H,14,15). The molecular weight excluding hydrogens is 259 g/mol. The zero-order valence-corrected chi connectivity index (χ0v) is 10.1. The third-order valence-electron chi connectivity index (χ3n) is 2.12. The van der Waals surface area contributed by atoms with Gasteiger partial charge in [0.2, 0.25) is 0 Å². The van der Waals surface area contributed by atoms with Crippen LogP contribution < -0.4 is 0 Å². The quantitative estimate of drug-likeness (QED) is 0.916. The SMILES string of the molecule is COC(C)(C)c1nc(C(F)(F)F)c(C(=O)O)s1. The first-order chi connectivity index (χ1) is 7.59. The van der Waals surface area contributed by atoms with Crippen LogP contribution in [0.15, 0.2) is 0 Å². The van der Waals surface area contributed by atoms with Crippen LogP contribution in [0.4, 0.5) is 13.2 Å². The molecule has 0 aliphatic rings. The average molecular weight is 269 g/mol. The summed E-state index contributed by atoms with van der Waals surface area (Å²) in [6.45, 7) is 3.02. The summed E-state index contributed by atoms with van der Waals surface area (Å²) in [5, 5.41) is 8.69. The summed E-state index contributed by atoms with van der Waals surface area (Å²) < 4.78 is 42.6. The Morgan fingerprint density at radius 2 is 1.94 bits per heavy atom. The van der Waals surface area contributed by atoms with E-state index in [-0.39, 0.29) is 5.01 Å². The number of aromatic nitrogens is 1. The number of methoxy groups -OCH3 is 1. The van der Waals surface area contributed by atoms with E-state index in [1.165, 1.54) is 21.0 Å². The highest BCUT2D eigenvalue weighted by Gasteiger charge is 2.41. The molecule has 1 N–H and O–H groups in total. The van der Waals surface area contributed by atoms with Gasteiger partial charge in [0.1, 0.15) is 15.5 Å². The number of alkyl halides is 3. The first kappa shape index (κ1) is 13.9. The van der Waals surface area contributed by atoms with Crippen molar-refractivity contribution in [2.75, 3.05) is 7.11 Å². The van der Waals surface area contributed by atoms with Crippen molar-refractivity contribution < 1.29 is 27.8 Å². The fourth-order valence-corrected chi connectivity index (χ4v) is 2.01. The van der Waals surface area contributed by atoms with E-state index in [1.54, 1.807) is 0 Å². The van der Waals surface area contributed by atoms with Crippen LogP contribution in [0.1, 0.15) is 34.2 Å². The van der Waals surface area contributed by atoms with Crippen molar-refractivity contribution in [1.29, 1.82) is 0 Å². The maximum atomic E-state index is 12.6. The number of carboxylic acids is 1. The molecule has 4 nitrogen and oxygen atoms in total. The van der Waals surface area contributed by atoms with Crippen molar-refractivity contribution in [1.82, 2.24) is 4.98 Å². The van der Waals surface area contributed by atoms with Crippen LogP contribution in [0, 0.1) is 0 Å². The summed E-state index contributed by atoms with van der Waals surface area (Å²) >= 11 is 0.470. The molecule has 0 amide bonds. The molecule has 0 aromatic carbocycles. The average Bonchev–Trinajstić information content (AvgIpc) is 2.61. The van der Waals surface area contributed by atoms with Crippen LogP contribution in [0.5, 0.6) is 0 Å². The number of hydrogen-bond donors (Lipinski definition) is 1. The molecule has 0 saturated heterocycles. The molecule has 17 heavy (non-hydrogen) atoms. The largest absolute Gasteiger partial charge is 0.477 e. The number of rotatable bonds is 3. The second-order valence-corrected chi connectivity index (χ2v) is 4.71. The number of hydrogen-bond acceptors (Lipinski definition) is 4. The molecule has 0 atom stereocenters. The minimum atomic E-state index is -4.79. The Bertz CT molecular complexity index is 439. The van der Waals surface area contributed by atoms with Crippen LogP contribution in [0.2, 0.25) is 0 Å². The summed E-state index contributed by atoms with van der Waals surface area (Å²) in [6, 6.07) is 0. The van der Waals surface area contributed by atoms with E-state index in [2.05, 4.69) is 4.98 Å². The minimum Gasteiger partial charge on any atom is -0.477 e. The number of aromatic carboxylic acids is 1. The first-order valence-corrected chi connectivity index (χ1v) is 5.28. The lowest BCUT2D eigenvalue weighted by Crippen LogP contribution is -2.19. The van der Waals surface area contributed by atoms with Crippen molar-refractivity contribution in [2.24, 2.45) is 0 Å². The summed E-state index contributed by atoms with van der Waals surface area (Å²) in [4.78, 5) is 13.2. The van der Waals surface area contributed by atoms with Crippen LogP contribution in [0.25, 0.3) is 0 Å². The van der Waals surface area contributed by atoms with Crippen LogP contribution >= 0.6 is 11.3 Å². The summed E-state index contributed by atoms with van der Waals surface area (Å²) in [5.41, 5.74) is -2.44. The second kappa shape index (κ2) is 4.26. The fourth-order valence-electron chi connectivity index (χ4n) is 1.00. The minimum absolute atomic E-state index is 0.0234. The number of carbonyl (C=O) groups is 1. The molecule has 0 saturated carbocycles. The zero-order chi connectivity index (χ0) is 13.4. The van der Waals surface area contributed by atoms with Gasteiger partial charge in [-0.2, -0.15) is 13.2 Å². The molecule has 1 aromatic heterocycles. The summed E-state index contributed by atoms with van der Waals surface area (Å²) in [7, 11) is 1.31. The molecule has 1 rings (SSSR count). The number of halogens is 3. The maximum absolute atomic E-state index is 12.6. The van der Waals surface area contributed by atoms with Crippen molar-refractivity contribution in [3.05, 3.63) is 15.6 Å². The molecule has 0 unspecified atom stereocenters. The van der Waals surface area contributed by atoms with Gasteiger partial charge in [-0.25, -0.2) is 9.78 Å². The lowest BCUT2D eigenvalue weighted by Gasteiger charge is -2.19. The van der Waals surface area contributed by atoms with Gasteiger partial charge in [0, 0.05) is 7.11 Å². The van der Waals surface area contributed by atoms with Crippen LogP contribution in [0.3, 0.4) is 0 Å². The Kier molecular flexibility index (Phi) is 3.49. The Balaban J connectivity index is 3.37. The molecule has 0 radical (unpaired) electrons. The number of nitrogens with zero attached hydrogens (tertiary/aromatic N) is 1. The van der Waals surface area contributed by atoms with Crippen molar-refractivity contribution >= 4 is 17.3 Å². The molecule has 0 aliphatic heterocycles. The van der Waals surface area contributed by atoms with Gasteiger partial charge in [0.25, 0.3) is 0 Å². The molecule has 0 spiro atoms. The van der Waals surface area contributed by atoms with Gasteiger partial charge in [0.05, 0.1) is 0 Å². The van der Waals surface area contributed by atoms with Crippen molar-refractivity contribution in [3.8, 4) is 0 Å². The monoisotopic (exact) mass is 269 g/mol. The van der Waals surface area contributed by atoms with E-state index in [1.807, 2.05) is 0 Å². The highest BCUT2D eigenvalue weighted by Crippen LogP contribution is 2.38. The molecular formula is C9H10F3NO3S. The first-order valence-electron chi connectivity index (χ1n) is 4.46. The highest BCUT2D eigenvalue weighted by atomic mass is 32.1. The third kappa shape index (κ3) is 2.75. The predicted molar refractivity (Wildman–Crippen MR) is 54.1 cm³/mol. The lowest BCUT2D eigenvalue weighted by molar-refractivity contribution is -0.141. The van der Waals surface area contributed by atoms with Gasteiger partial charge in [-0.3, -0.25) is 0 Å². The van der Waals surface area contributed by atoms with E-state index in [0.717, 1.165) is 0 Å². The third-order valence-corrected chi connectivity index (χ3v) is 3.46. The van der Waals surface area contributed by atoms with Crippen LogP contribution in [-0.4, -0.2) is 23.2 Å². The van der Waals surface area contributed by atoms with Gasteiger partial charge in [-0.05, 0) is 13.8 Å². The molecule has 0 aliphatic carbocycles. The van der Waals surface area contributed by atoms with Gasteiger partial charge in [-0.15, -0.1) is 11.3 Å². The Morgan fingerprint density at radius 3 is 2.24 bits per heavy atom. The van der Waals surface area contributed by atoms with E-state index < -0.39 is 28.3 Å². The van der Waals surface area contributed by atoms with Crippen LogP contribution in [-0.2, 0) is 16.5 Å². The molecule has 1 aromatic rings. The van der Waals surface area contributed by atoms with Gasteiger partial charge in [0.15, 0.2) is 5.69 Å². The van der Waals surface area contributed by atoms with E-state index in [4.69, 9.17) is 9.84 Å². The Morgan fingerprint density at radius 1 is 1.41 bits per heavy atom. The topological polar surface area (TPSA) is 59.4 Å². The lowest BCUT2D eigenvalue weighted by atomic mass is 10.1. The van der Waals surface area contributed by atoms with Gasteiger partial charge < -0.3 is 9.84 Å². The predicted octanol–water partition coefficient (Wildman–Crippen LogP) is 2.74. The molecule has 8 heteroatoms. The molecule has 1 heterocycles. The number of carboxylic acid groups (broad SMARTS) is 1. The fraction of sp³-hybridized carbons (Fsp3) is 0.556. The number of thiazole rings is 1. The summed E-state index contributed by atoms with van der Waals surface area (Å²) in [5.74, 6) is -1.65. The zero-order valence-electron chi connectivity index (χ0n) is 9.25. The second-order valence-electron chi connectivity index (χ2n) is 3.71. The van der Waals surface area contributed by atoms with Gasteiger partial charge in [-0.1, -0.05) is 0 Å². The summed E-state index contributed by atoms with van der Waals surface area (Å²) in [6.07, 6.45) is -4.79. The van der Waals surface area contributed by atoms with E-state index >= 15 is 0 Å². The maximum Gasteiger partial charge on any atom is 0.435 e. The normalized spacial score (nSPS) is 12.8. The van der Waals surface area contributed by atoms with Crippen molar-refractivity contribution in [3.63, 3.8) is 0 Å². The molecule has 0 bridgehead atoms. The number of ether oxygens (including phenoxy) is 1. The smallest absolute Gasteiger partial charge is 0.435 e.